The summed E-state index contributed by atoms with van der Waals surface area (Å²) in [5.41, 5.74) is 3.44. The summed E-state index contributed by atoms with van der Waals surface area (Å²) in [6, 6.07) is 22.3. The summed E-state index contributed by atoms with van der Waals surface area (Å²) < 4.78 is 42.1. The number of pyridine rings is 1. The molecule has 1 aliphatic rings. The lowest BCUT2D eigenvalue weighted by atomic mass is 10.0. The fraction of sp³-hybridized carbons (Fsp3) is 0.185. The zero-order valence-electron chi connectivity index (χ0n) is 18.9. The van der Waals surface area contributed by atoms with E-state index in [1.807, 2.05) is 47.4 Å². The van der Waals surface area contributed by atoms with Crippen molar-refractivity contribution in [1.82, 2.24) is 14.9 Å². The second-order valence-corrected chi connectivity index (χ2v) is 8.75. The van der Waals surface area contributed by atoms with Crippen LogP contribution < -0.4 is 10.2 Å². The number of hydrogen-bond donors (Lipinski definition) is 1. The van der Waals surface area contributed by atoms with Crippen molar-refractivity contribution in [2.24, 2.45) is 0 Å². The molecule has 2 aromatic heterocycles. The third-order valence-corrected chi connectivity index (χ3v) is 6.57. The fourth-order valence-electron chi connectivity index (χ4n) is 4.53. The molecule has 2 atom stereocenters. The Kier molecular flexibility index (Phi) is 6.06. The van der Waals surface area contributed by atoms with E-state index in [1.165, 1.54) is 17.7 Å². The van der Waals surface area contributed by atoms with Gasteiger partial charge >= 0.3 is 6.18 Å². The summed E-state index contributed by atoms with van der Waals surface area (Å²) in [5, 5.41) is 3.94. The maximum atomic E-state index is 13.4. The highest BCUT2D eigenvalue weighted by Gasteiger charge is 2.42. The molecule has 1 aliphatic heterocycles. The highest BCUT2D eigenvalue weighted by atomic mass is 32.1. The predicted octanol–water partition coefficient (Wildman–Crippen LogP) is 6.63. The van der Waals surface area contributed by atoms with Crippen LogP contribution >= 0.6 is 12.2 Å². The number of nitrogens with zero attached hydrogens (tertiary/aromatic N) is 3. The van der Waals surface area contributed by atoms with Crippen molar-refractivity contribution in [3.63, 3.8) is 0 Å². The third kappa shape index (κ3) is 4.41. The lowest BCUT2D eigenvalue weighted by Gasteiger charge is -2.29. The second kappa shape index (κ2) is 9.19. The highest BCUT2D eigenvalue weighted by Crippen LogP contribution is 2.42. The van der Waals surface area contributed by atoms with Crippen LogP contribution in [0.5, 0.6) is 0 Å². The summed E-state index contributed by atoms with van der Waals surface area (Å²) >= 11 is 5.77. The van der Waals surface area contributed by atoms with Crippen LogP contribution in [0.15, 0.2) is 91.3 Å². The molecule has 0 spiro atoms. The molecule has 0 bridgehead atoms. The molecule has 4 nitrogen and oxygen atoms in total. The molecule has 8 heteroatoms. The molecule has 1 saturated heterocycles. The van der Waals surface area contributed by atoms with Crippen molar-refractivity contribution >= 4 is 23.0 Å². The minimum atomic E-state index is -4.43. The average molecular weight is 493 g/mol. The van der Waals surface area contributed by atoms with Crippen LogP contribution in [0.4, 0.5) is 18.9 Å². The number of anilines is 1. The number of aromatic nitrogens is 2. The number of thiocarbonyl (C=S) groups is 1. The molecular formula is C27H23F3N4S. The number of aryl methyl sites for hydroxylation is 1. The Balaban J connectivity index is 1.64. The van der Waals surface area contributed by atoms with E-state index >= 15 is 0 Å². The topological polar surface area (TPSA) is 33.1 Å². The van der Waals surface area contributed by atoms with Crippen LogP contribution in [-0.4, -0.2) is 14.7 Å². The summed E-state index contributed by atoms with van der Waals surface area (Å²) in [6.07, 6.45) is -0.00751. The SMILES string of the molecule is CCc1ccc(N2C(=S)N[C@@H](c3ccccn3)[C@H]2c2cccn2-c2cccc(C(F)(F)F)c2)cc1. The normalized spacial score (nSPS) is 18.1. The number of halogens is 3. The summed E-state index contributed by atoms with van der Waals surface area (Å²) in [7, 11) is 0. The quantitative estimate of drug-likeness (QED) is 0.317. The number of rotatable bonds is 5. The van der Waals surface area contributed by atoms with Gasteiger partial charge in [-0.15, -0.1) is 0 Å². The summed E-state index contributed by atoms with van der Waals surface area (Å²) in [5.74, 6) is 0. The van der Waals surface area contributed by atoms with Gasteiger partial charge < -0.3 is 14.8 Å². The first-order valence-electron chi connectivity index (χ1n) is 11.3. The van der Waals surface area contributed by atoms with Gasteiger partial charge in [-0.2, -0.15) is 13.2 Å². The third-order valence-electron chi connectivity index (χ3n) is 6.26. The maximum absolute atomic E-state index is 13.4. The Morgan fingerprint density at radius 2 is 1.74 bits per heavy atom. The first-order chi connectivity index (χ1) is 16.9. The van der Waals surface area contributed by atoms with Gasteiger partial charge in [0.15, 0.2) is 5.11 Å². The van der Waals surface area contributed by atoms with E-state index in [0.29, 0.717) is 10.8 Å². The maximum Gasteiger partial charge on any atom is 0.416 e. The van der Waals surface area contributed by atoms with Crippen LogP contribution in [0.3, 0.4) is 0 Å². The predicted molar refractivity (Wildman–Crippen MR) is 135 cm³/mol. The molecule has 0 aliphatic carbocycles. The molecule has 0 amide bonds. The summed E-state index contributed by atoms with van der Waals surface area (Å²) in [4.78, 5) is 6.57. The molecule has 0 saturated carbocycles. The van der Waals surface area contributed by atoms with Gasteiger partial charge in [-0.1, -0.05) is 31.2 Å². The van der Waals surface area contributed by atoms with Crippen molar-refractivity contribution in [3.8, 4) is 5.69 Å². The van der Waals surface area contributed by atoms with E-state index in [2.05, 4.69) is 29.4 Å². The number of benzene rings is 2. The van der Waals surface area contributed by atoms with E-state index in [4.69, 9.17) is 12.2 Å². The van der Waals surface area contributed by atoms with Gasteiger partial charge in [0.05, 0.1) is 17.3 Å². The van der Waals surface area contributed by atoms with Crippen LogP contribution in [0.25, 0.3) is 5.69 Å². The fourth-order valence-corrected chi connectivity index (χ4v) is 4.87. The van der Waals surface area contributed by atoms with Crippen LogP contribution in [0.1, 0.15) is 41.5 Å². The average Bonchev–Trinajstić information content (AvgIpc) is 3.48. The smallest absolute Gasteiger partial charge is 0.351 e. The zero-order chi connectivity index (χ0) is 24.6. The Bertz CT molecular complexity index is 1330. The molecule has 1 N–H and O–H groups in total. The van der Waals surface area contributed by atoms with Gasteiger partial charge in [0.25, 0.3) is 0 Å². The standard InChI is InChI=1S/C27H23F3N4S/c1-2-18-11-13-20(14-12-18)34-25(24(32-26(34)35)22-9-3-4-15-31-22)23-10-6-16-33(23)21-8-5-7-19(17-21)27(28,29)30/h3-17,24-25H,2H2,1H3,(H,32,35)/t24-,25+/m0/s1. The van der Waals surface area contributed by atoms with E-state index < -0.39 is 11.7 Å². The minimum Gasteiger partial charge on any atom is -0.351 e. The molecule has 0 radical (unpaired) electrons. The Hall–Kier alpha value is -3.65. The van der Waals surface area contributed by atoms with Crippen molar-refractivity contribution in [1.29, 1.82) is 0 Å². The van der Waals surface area contributed by atoms with Gasteiger partial charge in [-0.25, -0.2) is 0 Å². The van der Waals surface area contributed by atoms with Crippen LogP contribution in [0.2, 0.25) is 0 Å². The lowest BCUT2D eigenvalue weighted by molar-refractivity contribution is -0.137. The zero-order valence-corrected chi connectivity index (χ0v) is 19.7. The molecule has 1 fully saturated rings. The Labute approximate surface area is 207 Å². The van der Waals surface area contributed by atoms with Crippen LogP contribution in [-0.2, 0) is 12.6 Å². The number of alkyl halides is 3. The van der Waals surface area contributed by atoms with Gasteiger partial charge in [-0.3, -0.25) is 4.98 Å². The molecule has 0 unspecified atom stereocenters. The largest absolute Gasteiger partial charge is 0.416 e. The molecule has 35 heavy (non-hydrogen) atoms. The van der Waals surface area contributed by atoms with Gasteiger partial charge in [0.1, 0.15) is 6.04 Å². The van der Waals surface area contributed by atoms with Crippen molar-refractivity contribution < 1.29 is 13.2 Å². The highest BCUT2D eigenvalue weighted by molar-refractivity contribution is 7.80. The number of hydrogen-bond acceptors (Lipinski definition) is 2. The molecule has 178 valence electrons. The molecule has 5 rings (SSSR count). The minimum absolute atomic E-state index is 0.297. The van der Waals surface area contributed by atoms with Gasteiger partial charge in [0.2, 0.25) is 0 Å². The van der Waals surface area contributed by atoms with Gasteiger partial charge in [0, 0.05) is 29.5 Å². The van der Waals surface area contributed by atoms with Gasteiger partial charge in [-0.05, 0) is 78.8 Å². The van der Waals surface area contributed by atoms with Crippen molar-refractivity contribution in [2.75, 3.05) is 4.90 Å². The molecular weight excluding hydrogens is 469 g/mol. The Morgan fingerprint density at radius 1 is 0.943 bits per heavy atom. The van der Waals surface area contributed by atoms with E-state index in [0.717, 1.165) is 29.6 Å². The van der Waals surface area contributed by atoms with Crippen molar-refractivity contribution in [3.05, 3.63) is 114 Å². The monoisotopic (exact) mass is 492 g/mol. The number of nitrogens with one attached hydrogen (secondary N) is 1. The molecule has 2 aromatic carbocycles. The van der Waals surface area contributed by atoms with Crippen molar-refractivity contribution in [2.45, 2.75) is 31.6 Å². The van der Waals surface area contributed by atoms with E-state index in [9.17, 15) is 13.2 Å². The molecule has 3 heterocycles. The first-order valence-corrected chi connectivity index (χ1v) is 11.7. The van der Waals surface area contributed by atoms with E-state index in [-0.39, 0.29) is 12.1 Å². The summed E-state index contributed by atoms with van der Waals surface area (Å²) in [6.45, 7) is 2.10. The molecule has 4 aromatic rings. The Morgan fingerprint density at radius 3 is 2.43 bits per heavy atom. The first kappa shape index (κ1) is 23.1. The van der Waals surface area contributed by atoms with Crippen LogP contribution in [0, 0.1) is 0 Å². The second-order valence-electron chi connectivity index (χ2n) is 8.37. The lowest BCUT2D eigenvalue weighted by Crippen LogP contribution is -2.30. The van der Waals surface area contributed by atoms with E-state index in [1.54, 1.807) is 23.0 Å².